The van der Waals surface area contributed by atoms with E-state index < -0.39 is 8.32 Å². The molecule has 0 radical (unpaired) electrons. The third-order valence-corrected chi connectivity index (χ3v) is 5.73. The summed E-state index contributed by atoms with van der Waals surface area (Å²) in [6.45, 7) is 10.4. The van der Waals surface area contributed by atoms with E-state index in [-0.39, 0.29) is 0 Å². The van der Waals surface area contributed by atoms with Crippen LogP contribution in [0.2, 0.25) is 19.1 Å². The van der Waals surface area contributed by atoms with Crippen LogP contribution in [-0.2, 0) is 13.9 Å². The van der Waals surface area contributed by atoms with Gasteiger partial charge in [-0.3, -0.25) is 0 Å². The molecular formula is C11H23NO3Si. The Morgan fingerprint density at radius 2 is 1.81 bits per heavy atom. The Labute approximate surface area is 99.0 Å². The molecule has 2 aliphatic rings. The Balaban J connectivity index is 1.65. The maximum Gasteiger partial charge on any atom is 0.186 e. The van der Waals surface area contributed by atoms with Gasteiger partial charge in [-0.1, -0.05) is 0 Å². The fourth-order valence-corrected chi connectivity index (χ4v) is 4.03. The summed E-state index contributed by atoms with van der Waals surface area (Å²) < 4.78 is 16.5. The van der Waals surface area contributed by atoms with E-state index in [4.69, 9.17) is 13.9 Å². The van der Waals surface area contributed by atoms with Gasteiger partial charge >= 0.3 is 0 Å². The Bertz CT molecular complexity index is 217. The lowest BCUT2D eigenvalue weighted by Crippen LogP contribution is -2.35. The van der Waals surface area contributed by atoms with E-state index in [2.05, 4.69) is 24.9 Å². The molecule has 2 atom stereocenters. The van der Waals surface area contributed by atoms with Crippen LogP contribution in [0.4, 0.5) is 0 Å². The van der Waals surface area contributed by atoms with Crippen molar-refractivity contribution < 1.29 is 13.9 Å². The summed E-state index contributed by atoms with van der Waals surface area (Å²) in [5.41, 5.74) is 0. The summed E-state index contributed by atoms with van der Waals surface area (Å²) in [5.74, 6) is 0. The van der Waals surface area contributed by atoms with Crippen LogP contribution >= 0.6 is 0 Å². The zero-order chi connectivity index (χ0) is 11.6. The maximum atomic E-state index is 5.82. The van der Waals surface area contributed by atoms with Gasteiger partial charge in [0.05, 0.1) is 13.2 Å². The van der Waals surface area contributed by atoms with E-state index in [1.54, 1.807) is 0 Å². The molecule has 94 valence electrons. The minimum atomic E-state index is -1.41. The summed E-state index contributed by atoms with van der Waals surface area (Å²) in [5, 5.41) is 0. The Kier molecular flexibility index (Phi) is 4.02. The van der Waals surface area contributed by atoms with Gasteiger partial charge in [0.15, 0.2) is 8.32 Å². The van der Waals surface area contributed by atoms with Gasteiger partial charge in [0.25, 0.3) is 0 Å². The normalized spacial score (nSPS) is 28.5. The number of hydrogen-bond acceptors (Lipinski definition) is 4. The number of hydrogen-bond donors (Lipinski definition) is 0. The van der Waals surface area contributed by atoms with Crippen molar-refractivity contribution in [1.82, 2.24) is 4.90 Å². The van der Waals surface area contributed by atoms with E-state index in [9.17, 15) is 0 Å². The lowest BCUT2D eigenvalue weighted by molar-refractivity contribution is 0.113. The van der Waals surface area contributed by atoms with Gasteiger partial charge in [-0.2, -0.15) is 0 Å². The van der Waals surface area contributed by atoms with Crippen LogP contribution in [0.25, 0.3) is 0 Å². The van der Waals surface area contributed by atoms with Crippen molar-refractivity contribution in [2.24, 2.45) is 0 Å². The summed E-state index contributed by atoms with van der Waals surface area (Å²) in [6.07, 6.45) is 1.87. The minimum Gasteiger partial charge on any atom is -0.418 e. The molecular weight excluding hydrogens is 222 g/mol. The smallest absolute Gasteiger partial charge is 0.186 e. The lowest BCUT2D eigenvalue weighted by Gasteiger charge is -2.24. The van der Waals surface area contributed by atoms with Crippen LogP contribution in [0.3, 0.4) is 0 Å². The Morgan fingerprint density at radius 3 is 2.25 bits per heavy atom. The largest absolute Gasteiger partial charge is 0.418 e. The lowest BCUT2D eigenvalue weighted by atomic mass is 10.4. The van der Waals surface area contributed by atoms with Crippen molar-refractivity contribution in [2.75, 3.05) is 26.4 Å². The van der Waals surface area contributed by atoms with Crippen LogP contribution in [0.1, 0.15) is 13.3 Å². The first-order chi connectivity index (χ1) is 7.62. The molecule has 4 nitrogen and oxygen atoms in total. The van der Waals surface area contributed by atoms with Gasteiger partial charge in [0, 0.05) is 13.2 Å². The molecule has 0 bridgehead atoms. The monoisotopic (exact) mass is 245 g/mol. The standard InChI is InChI=1S/C11H23NO3Si/c1-4-15-16(2,3)7-5-6-12(10-8-13-10)11-9-14-11/h10-11H,4-9H2,1-3H3. The van der Waals surface area contributed by atoms with Crippen molar-refractivity contribution in [1.29, 1.82) is 0 Å². The molecule has 0 N–H and O–H groups in total. The summed E-state index contributed by atoms with van der Waals surface area (Å²) >= 11 is 0. The molecule has 2 fully saturated rings. The highest BCUT2D eigenvalue weighted by molar-refractivity contribution is 6.71. The second-order valence-corrected chi connectivity index (χ2v) is 9.42. The van der Waals surface area contributed by atoms with Crippen LogP contribution < -0.4 is 0 Å². The van der Waals surface area contributed by atoms with Gasteiger partial charge < -0.3 is 13.9 Å². The molecule has 2 heterocycles. The molecule has 2 rings (SSSR count). The first kappa shape index (κ1) is 12.5. The molecule has 2 unspecified atom stereocenters. The second kappa shape index (κ2) is 5.14. The SMILES string of the molecule is CCO[Si](C)(C)CCCN(C1CO1)C1CO1. The number of ether oxygens (including phenoxy) is 2. The van der Waals surface area contributed by atoms with Gasteiger partial charge in [0.1, 0.15) is 12.5 Å². The van der Waals surface area contributed by atoms with Gasteiger partial charge in [0.2, 0.25) is 0 Å². The predicted molar refractivity (Wildman–Crippen MR) is 64.7 cm³/mol. The van der Waals surface area contributed by atoms with Crippen LogP contribution in [0.15, 0.2) is 0 Å². The van der Waals surface area contributed by atoms with Crippen molar-refractivity contribution in [2.45, 2.75) is 44.9 Å². The van der Waals surface area contributed by atoms with Gasteiger partial charge in [-0.25, -0.2) is 4.90 Å². The fourth-order valence-electron chi connectivity index (χ4n) is 2.09. The molecule has 0 aliphatic carbocycles. The number of rotatable bonds is 8. The van der Waals surface area contributed by atoms with E-state index in [1.165, 1.54) is 12.5 Å². The van der Waals surface area contributed by atoms with Crippen molar-refractivity contribution in [3.63, 3.8) is 0 Å². The highest BCUT2D eigenvalue weighted by Gasteiger charge is 2.41. The summed E-state index contributed by atoms with van der Waals surface area (Å²) in [6, 6.07) is 1.22. The Morgan fingerprint density at radius 1 is 1.25 bits per heavy atom. The van der Waals surface area contributed by atoms with E-state index in [0.717, 1.165) is 26.4 Å². The highest BCUT2D eigenvalue weighted by atomic mass is 28.4. The fraction of sp³-hybridized carbons (Fsp3) is 1.00. The molecule has 16 heavy (non-hydrogen) atoms. The van der Waals surface area contributed by atoms with Gasteiger partial charge in [-0.15, -0.1) is 0 Å². The molecule has 0 spiro atoms. The van der Waals surface area contributed by atoms with E-state index in [0.29, 0.717) is 12.5 Å². The van der Waals surface area contributed by atoms with Crippen LogP contribution in [-0.4, -0.2) is 52.0 Å². The van der Waals surface area contributed by atoms with E-state index in [1.807, 2.05) is 0 Å². The average Bonchev–Trinajstić information content (AvgIpc) is 3.04. The van der Waals surface area contributed by atoms with Gasteiger partial charge in [-0.05, 0) is 32.5 Å². The molecule has 0 amide bonds. The molecule has 0 saturated carbocycles. The quantitative estimate of drug-likeness (QED) is 0.481. The summed E-state index contributed by atoms with van der Waals surface area (Å²) in [7, 11) is -1.41. The van der Waals surface area contributed by atoms with Crippen LogP contribution in [0.5, 0.6) is 0 Å². The summed E-state index contributed by atoms with van der Waals surface area (Å²) in [4.78, 5) is 2.34. The molecule has 0 aromatic carbocycles. The average molecular weight is 245 g/mol. The molecule has 0 aromatic heterocycles. The zero-order valence-corrected chi connectivity index (χ0v) is 11.6. The second-order valence-electron chi connectivity index (χ2n) is 5.11. The zero-order valence-electron chi connectivity index (χ0n) is 10.6. The first-order valence-corrected chi connectivity index (χ1v) is 9.37. The molecule has 2 saturated heterocycles. The third-order valence-electron chi connectivity index (χ3n) is 3.10. The predicted octanol–water partition coefficient (Wildman–Crippen LogP) is 1.63. The Hall–Kier alpha value is 0.0569. The topological polar surface area (TPSA) is 37.5 Å². The number of epoxide rings is 2. The van der Waals surface area contributed by atoms with Crippen molar-refractivity contribution in [3.8, 4) is 0 Å². The van der Waals surface area contributed by atoms with Crippen LogP contribution in [0, 0.1) is 0 Å². The van der Waals surface area contributed by atoms with Crippen molar-refractivity contribution in [3.05, 3.63) is 0 Å². The molecule has 0 aromatic rings. The molecule has 2 aliphatic heterocycles. The minimum absolute atomic E-state index is 0.337. The molecule has 5 heteroatoms. The number of nitrogens with zero attached hydrogens (tertiary/aromatic N) is 1. The maximum absolute atomic E-state index is 5.82. The third kappa shape index (κ3) is 3.82. The first-order valence-electron chi connectivity index (χ1n) is 6.25. The van der Waals surface area contributed by atoms with E-state index >= 15 is 0 Å². The highest BCUT2D eigenvalue weighted by Crippen LogP contribution is 2.26. The van der Waals surface area contributed by atoms with Crippen molar-refractivity contribution >= 4 is 8.32 Å².